The maximum atomic E-state index is 13.5. The molecule has 0 unspecified atom stereocenters. The maximum absolute atomic E-state index is 13.5. The zero-order valence-corrected chi connectivity index (χ0v) is 18.1. The number of hydrogen-bond donors (Lipinski definition) is 2. The third-order valence-corrected chi connectivity index (χ3v) is 7.00. The molecular formula is C25H25FN4O3. The van der Waals surface area contributed by atoms with Crippen molar-refractivity contribution in [3.05, 3.63) is 71.8 Å². The van der Waals surface area contributed by atoms with Crippen molar-refractivity contribution in [1.29, 1.82) is 0 Å². The first-order chi connectivity index (χ1) is 16.0. The fourth-order valence-corrected chi connectivity index (χ4v) is 4.98. The van der Waals surface area contributed by atoms with Gasteiger partial charge < -0.3 is 14.9 Å². The Kier molecular flexibility index (Phi) is 5.46. The van der Waals surface area contributed by atoms with Crippen LogP contribution in [0, 0.1) is 11.2 Å². The molecule has 1 aromatic heterocycles. The van der Waals surface area contributed by atoms with Crippen LogP contribution < -0.4 is 4.90 Å². The minimum absolute atomic E-state index is 0.114. The first-order valence-electron chi connectivity index (χ1n) is 11.1. The van der Waals surface area contributed by atoms with E-state index in [2.05, 4.69) is 10.2 Å². The highest BCUT2D eigenvalue weighted by Crippen LogP contribution is 2.43. The van der Waals surface area contributed by atoms with Crippen LogP contribution in [0.4, 0.5) is 10.1 Å². The molecule has 7 nitrogen and oxygen atoms in total. The van der Waals surface area contributed by atoms with Gasteiger partial charge in [0.1, 0.15) is 5.82 Å². The molecule has 2 aliphatic rings. The molecule has 2 saturated heterocycles. The smallest absolute Gasteiger partial charge is 0.254 e. The second-order valence-corrected chi connectivity index (χ2v) is 8.77. The van der Waals surface area contributed by atoms with Gasteiger partial charge in [0.05, 0.1) is 18.2 Å². The number of carbonyl (C=O) groups excluding carboxylic acids is 2. The van der Waals surface area contributed by atoms with E-state index >= 15 is 0 Å². The van der Waals surface area contributed by atoms with Crippen LogP contribution in [0.15, 0.2) is 54.9 Å². The van der Waals surface area contributed by atoms with Gasteiger partial charge in [-0.3, -0.25) is 14.7 Å². The number of aromatic amines is 1. The summed E-state index contributed by atoms with van der Waals surface area (Å²) in [5.41, 5.74) is 3.04. The van der Waals surface area contributed by atoms with E-state index in [0.717, 1.165) is 23.2 Å². The summed E-state index contributed by atoms with van der Waals surface area (Å²) in [7, 11) is 0. The highest BCUT2D eigenvalue weighted by atomic mass is 19.1. The second kappa shape index (κ2) is 8.44. The van der Waals surface area contributed by atoms with Crippen LogP contribution in [0.5, 0.6) is 0 Å². The largest absolute Gasteiger partial charge is 0.392 e. The van der Waals surface area contributed by atoms with Crippen LogP contribution in [-0.4, -0.2) is 51.7 Å². The first kappa shape index (κ1) is 21.3. The third-order valence-electron chi connectivity index (χ3n) is 7.00. The van der Waals surface area contributed by atoms with Crippen molar-refractivity contribution in [3.63, 3.8) is 0 Å². The lowest BCUT2D eigenvalue weighted by Gasteiger charge is -2.38. The number of piperidine rings is 1. The van der Waals surface area contributed by atoms with Gasteiger partial charge in [0.25, 0.3) is 5.91 Å². The van der Waals surface area contributed by atoms with Crippen molar-refractivity contribution >= 4 is 17.5 Å². The van der Waals surface area contributed by atoms with E-state index in [1.807, 2.05) is 35.4 Å². The lowest BCUT2D eigenvalue weighted by molar-refractivity contribution is -0.127. The zero-order chi connectivity index (χ0) is 23.0. The van der Waals surface area contributed by atoms with Crippen molar-refractivity contribution in [3.8, 4) is 11.1 Å². The highest BCUT2D eigenvalue weighted by molar-refractivity contribution is 6.00. The SMILES string of the molecule is O=C(c1ccc(F)cc1CO)N1CCC2(CC1)CCN(c1ccc(-c3cn[nH]c3)cc1)C2=O. The normalized spacial score (nSPS) is 17.7. The molecule has 0 bridgehead atoms. The molecule has 0 atom stereocenters. The number of hydrogen-bond acceptors (Lipinski definition) is 4. The minimum atomic E-state index is -0.484. The van der Waals surface area contributed by atoms with E-state index in [1.165, 1.54) is 18.2 Å². The Balaban J connectivity index is 1.27. The fourth-order valence-electron chi connectivity index (χ4n) is 4.98. The second-order valence-electron chi connectivity index (χ2n) is 8.77. The van der Waals surface area contributed by atoms with E-state index in [1.54, 1.807) is 11.1 Å². The molecule has 5 rings (SSSR count). The molecule has 3 heterocycles. The zero-order valence-electron chi connectivity index (χ0n) is 18.1. The van der Waals surface area contributed by atoms with Gasteiger partial charge >= 0.3 is 0 Å². The summed E-state index contributed by atoms with van der Waals surface area (Å²) < 4.78 is 13.5. The van der Waals surface area contributed by atoms with Gasteiger partial charge in [-0.2, -0.15) is 5.10 Å². The summed E-state index contributed by atoms with van der Waals surface area (Å²) in [5, 5.41) is 16.3. The van der Waals surface area contributed by atoms with Crippen LogP contribution in [-0.2, 0) is 11.4 Å². The number of nitrogens with one attached hydrogen (secondary N) is 1. The van der Waals surface area contributed by atoms with E-state index in [0.29, 0.717) is 38.0 Å². The van der Waals surface area contributed by atoms with Gasteiger partial charge in [0.15, 0.2) is 0 Å². The van der Waals surface area contributed by atoms with Gasteiger partial charge in [0, 0.05) is 42.6 Å². The number of nitrogens with zero attached hydrogens (tertiary/aromatic N) is 3. The standard InChI is InChI=1S/C25H25FN4O3/c26-20-3-6-22(18(13-20)16-31)23(32)29-10-7-25(8-11-29)9-12-30(24(25)33)21-4-1-17(2-5-21)19-14-27-28-15-19/h1-6,13-15,31H,7-12,16H2,(H,27,28). The lowest BCUT2D eigenvalue weighted by atomic mass is 9.77. The van der Waals surface area contributed by atoms with Gasteiger partial charge in [-0.15, -0.1) is 0 Å². The molecule has 0 aliphatic carbocycles. The number of benzene rings is 2. The average molecular weight is 448 g/mol. The molecule has 2 amide bonds. The number of aromatic nitrogens is 2. The van der Waals surface area contributed by atoms with Crippen LogP contribution in [0.2, 0.25) is 0 Å². The predicted molar refractivity (Wildman–Crippen MR) is 121 cm³/mol. The molecule has 2 aromatic carbocycles. The number of aliphatic hydroxyl groups is 1. The molecule has 0 saturated carbocycles. The van der Waals surface area contributed by atoms with Gasteiger partial charge in [-0.1, -0.05) is 12.1 Å². The molecule has 3 aromatic rings. The number of rotatable bonds is 4. The topological polar surface area (TPSA) is 89.5 Å². The molecule has 1 spiro atoms. The maximum Gasteiger partial charge on any atom is 0.254 e. The number of amides is 2. The monoisotopic (exact) mass is 448 g/mol. The molecule has 2 N–H and O–H groups in total. The number of anilines is 1. The van der Waals surface area contributed by atoms with E-state index in [9.17, 15) is 19.1 Å². The summed E-state index contributed by atoms with van der Waals surface area (Å²) in [6.07, 6.45) is 5.54. The molecule has 2 fully saturated rings. The number of halogens is 1. The van der Waals surface area contributed by atoms with Crippen molar-refractivity contribution in [2.24, 2.45) is 5.41 Å². The summed E-state index contributed by atoms with van der Waals surface area (Å²) in [6, 6.07) is 11.7. The van der Waals surface area contributed by atoms with Crippen molar-refractivity contribution in [2.75, 3.05) is 24.5 Å². The van der Waals surface area contributed by atoms with Crippen molar-refractivity contribution in [1.82, 2.24) is 15.1 Å². The lowest BCUT2D eigenvalue weighted by Crippen LogP contribution is -2.46. The van der Waals surface area contributed by atoms with Crippen LogP contribution in [0.1, 0.15) is 35.2 Å². The fraction of sp³-hybridized carbons (Fsp3) is 0.320. The Hall–Kier alpha value is -3.52. The quantitative estimate of drug-likeness (QED) is 0.641. The summed E-state index contributed by atoms with van der Waals surface area (Å²) >= 11 is 0. The van der Waals surface area contributed by atoms with Crippen LogP contribution >= 0.6 is 0 Å². The Morgan fingerprint density at radius 3 is 2.45 bits per heavy atom. The van der Waals surface area contributed by atoms with E-state index in [4.69, 9.17) is 0 Å². The van der Waals surface area contributed by atoms with E-state index in [-0.39, 0.29) is 17.4 Å². The van der Waals surface area contributed by atoms with Gasteiger partial charge in [-0.05, 0) is 60.7 Å². The summed E-state index contributed by atoms with van der Waals surface area (Å²) in [5.74, 6) is -0.600. The van der Waals surface area contributed by atoms with E-state index < -0.39 is 17.8 Å². The predicted octanol–water partition coefficient (Wildman–Crippen LogP) is 3.37. The molecule has 33 heavy (non-hydrogen) atoms. The third kappa shape index (κ3) is 3.80. The molecule has 2 aliphatic heterocycles. The number of aliphatic hydroxyl groups excluding tert-OH is 1. The molecular weight excluding hydrogens is 423 g/mol. The van der Waals surface area contributed by atoms with Crippen LogP contribution in [0.3, 0.4) is 0 Å². The summed E-state index contributed by atoms with van der Waals surface area (Å²) in [6.45, 7) is 1.17. The average Bonchev–Trinajstić information content (AvgIpc) is 3.49. The Morgan fingerprint density at radius 2 is 1.79 bits per heavy atom. The Morgan fingerprint density at radius 1 is 1.06 bits per heavy atom. The molecule has 170 valence electrons. The summed E-state index contributed by atoms with van der Waals surface area (Å²) in [4.78, 5) is 29.9. The number of H-pyrrole nitrogens is 1. The number of carbonyl (C=O) groups is 2. The first-order valence-corrected chi connectivity index (χ1v) is 11.1. The Labute approximate surface area is 190 Å². The molecule has 8 heteroatoms. The number of likely N-dealkylation sites (tertiary alicyclic amines) is 1. The van der Waals surface area contributed by atoms with Crippen LogP contribution in [0.25, 0.3) is 11.1 Å². The van der Waals surface area contributed by atoms with Gasteiger partial charge in [-0.25, -0.2) is 4.39 Å². The Bertz CT molecular complexity index is 1170. The highest BCUT2D eigenvalue weighted by Gasteiger charge is 2.49. The van der Waals surface area contributed by atoms with Gasteiger partial charge in [0.2, 0.25) is 5.91 Å². The van der Waals surface area contributed by atoms with Crippen molar-refractivity contribution in [2.45, 2.75) is 25.9 Å². The minimum Gasteiger partial charge on any atom is -0.392 e. The molecule has 0 radical (unpaired) electrons. The van der Waals surface area contributed by atoms with Crippen molar-refractivity contribution < 1.29 is 19.1 Å².